The van der Waals surface area contributed by atoms with Crippen molar-refractivity contribution in [2.75, 3.05) is 32.8 Å². The zero-order chi connectivity index (χ0) is 13.1. The number of benzene rings is 1. The van der Waals surface area contributed by atoms with Gasteiger partial charge in [0.15, 0.2) is 0 Å². The zero-order valence-electron chi connectivity index (χ0n) is 11.1. The van der Waals surface area contributed by atoms with Gasteiger partial charge in [0.1, 0.15) is 5.75 Å². The van der Waals surface area contributed by atoms with Gasteiger partial charge in [-0.3, -0.25) is 4.90 Å². The molecule has 0 saturated carbocycles. The quantitative estimate of drug-likeness (QED) is 0.905. The summed E-state index contributed by atoms with van der Waals surface area (Å²) in [5.74, 6) is 0.303. The summed E-state index contributed by atoms with van der Waals surface area (Å²) in [6, 6.07) is 7.36. The zero-order valence-corrected chi connectivity index (χ0v) is 11.1. The van der Waals surface area contributed by atoms with Crippen molar-refractivity contribution in [3.63, 3.8) is 0 Å². The van der Waals surface area contributed by atoms with Crippen molar-refractivity contribution in [1.29, 1.82) is 0 Å². The van der Waals surface area contributed by atoms with Crippen LogP contribution in [0.1, 0.15) is 24.5 Å². The molecular formula is C15H21NO3. The van der Waals surface area contributed by atoms with E-state index in [1.165, 1.54) is 12.8 Å². The van der Waals surface area contributed by atoms with Crippen LogP contribution in [0.2, 0.25) is 0 Å². The Labute approximate surface area is 113 Å². The minimum absolute atomic E-state index is 0.0576. The topological polar surface area (TPSA) is 41.9 Å². The van der Waals surface area contributed by atoms with Crippen molar-refractivity contribution >= 4 is 0 Å². The van der Waals surface area contributed by atoms with E-state index in [1.807, 2.05) is 12.1 Å². The standard InChI is InChI=1S/C15H21NO3/c17-13-4-1-3-12(9-13)15-11-16(6-8-19-15)10-14-5-2-7-18-14/h1,3-4,9,14-15,17H,2,5-8,10-11H2/t14-,15-/m1/s1. The molecule has 3 rings (SSSR count). The molecule has 0 bridgehead atoms. The van der Waals surface area contributed by atoms with Crippen LogP contribution in [0.3, 0.4) is 0 Å². The number of aromatic hydroxyl groups is 1. The molecule has 1 N–H and O–H groups in total. The molecule has 0 spiro atoms. The molecule has 0 radical (unpaired) electrons. The van der Waals surface area contributed by atoms with Gasteiger partial charge in [-0.1, -0.05) is 12.1 Å². The average Bonchev–Trinajstić information content (AvgIpc) is 2.92. The third-order valence-electron chi connectivity index (χ3n) is 3.88. The molecule has 0 amide bonds. The third kappa shape index (κ3) is 3.26. The molecule has 2 aliphatic rings. The largest absolute Gasteiger partial charge is 0.508 e. The lowest BCUT2D eigenvalue weighted by molar-refractivity contribution is -0.0446. The number of phenols is 1. The van der Waals surface area contributed by atoms with Crippen LogP contribution in [0.5, 0.6) is 5.75 Å². The lowest BCUT2D eigenvalue weighted by atomic mass is 10.1. The van der Waals surface area contributed by atoms with Crippen molar-refractivity contribution in [3.05, 3.63) is 29.8 Å². The van der Waals surface area contributed by atoms with Crippen LogP contribution in [0, 0.1) is 0 Å². The number of nitrogens with zero attached hydrogens (tertiary/aromatic N) is 1. The van der Waals surface area contributed by atoms with Crippen molar-refractivity contribution in [2.24, 2.45) is 0 Å². The van der Waals surface area contributed by atoms with Crippen LogP contribution in [0.25, 0.3) is 0 Å². The second-order valence-electron chi connectivity index (χ2n) is 5.35. The van der Waals surface area contributed by atoms with Crippen molar-refractivity contribution in [1.82, 2.24) is 4.90 Å². The van der Waals surface area contributed by atoms with Crippen LogP contribution in [0.15, 0.2) is 24.3 Å². The Balaban J connectivity index is 1.61. The summed E-state index contributed by atoms with van der Waals surface area (Å²) in [6.45, 7) is 4.50. The smallest absolute Gasteiger partial charge is 0.115 e. The highest BCUT2D eigenvalue weighted by Crippen LogP contribution is 2.25. The molecular weight excluding hydrogens is 242 g/mol. The van der Waals surface area contributed by atoms with Crippen LogP contribution < -0.4 is 0 Å². The third-order valence-corrected chi connectivity index (χ3v) is 3.88. The molecule has 104 valence electrons. The lowest BCUT2D eigenvalue weighted by Crippen LogP contribution is -2.42. The average molecular weight is 263 g/mol. The fourth-order valence-corrected chi connectivity index (χ4v) is 2.87. The van der Waals surface area contributed by atoms with Gasteiger partial charge in [-0.15, -0.1) is 0 Å². The van der Waals surface area contributed by atoms with E-state index in [2.05, 4.69) is 4.90 Å². The molecule has 4 nitrogen and oxygen atoms in total. The van der Waals surface area contributed by atoms with Gasteiger partial charge < -0.3 is 14.6 Å². The molecule has 4 heteroatoms. The van der Waals surface area contributed by atoms with E-state index >= 15 is 0 Å². The molecule has 0 aliphatic carbocycles. The predicted octanol–water partition coefficient (Wildman–Crippen LogP) is 1.94. The van der Waals surface area contributed by atoms with Gasteiger partial charge in [0.2, 0.25) is 0 Å². The summed E-state index contributed by atoms with van der Waals surface area (Å²) in [5, 5.41) is 9.55. The van der Waals surface area contributed by atoms with Gasteiger partial charge in [-0.2, -0.15) is 0 Å². The first-order valence-corrected chi connectivity index (χ1v) is 7.06. The molecule has 2 saturated heterocycles. The normalized spacial score (nSPS) is 28.6. The highest BCUT2D eigenvalue weighted by molar-refractivity contribution is 5.29. The first-order chi connectivity index (χ1) is 9.31. The summed E-state index contributed by atoms with van der Waals surface area (Å²) in [6.07, 6.45) is 2.81. The highest BCUT2D eigenvalue weighted by atomic mass is 16.5. The summed E-state index contributed by atoms with van der Waals surface area (Å²) in [7, 11) is 0. The fraction of sp³-hybridized carbons (Fsp3) is 0.600. The van der Waals surface area contributed by atoms with Gasteiger partial charge in [-0.25, -0.2) is 0 Å². The van der Waals surface area contributed by atoms with E-state index in [0.717, 1.165) is 38.4 Å². The first-order valence-electron chi connectivity index (χ1n) is 7.06. The van der Waals surface area contributed by atoms with Crippen molar-refractivity contribution in [3.8, 4) is 5.75 Å². The van der Waals surface area contributed by atoms with E-state index in [-0.39, 0.29) is 6.10 Å². The Morgan fingerprint density at radius 3 is 3.00 bits per heavy atom. The Morgan fingerprint density at radius 1 is 1.26 bits per heavy atom. The van der Waals surface area contributed by atoms with E-state index in [9.17, 15) is 5.11 Å². The number of phenolic OH excluding ortho intramolecular Hbond substituents is 1. The van der Waals surface area contributed by atoms with Gasteiger partial charge in [0.05, 0.1) is 18.8 Å². The van der Waals surface area contributed by atoms with Crippen LogP contribution in [-0.4, -0.2) is 49.0 Å². The van der Waals surface area contributed by atoms with Crippen LogP contribution in [0.4, 0.5) is 0 Å². The molecule has 2 aliphatic heterocycles. The summed E-state index contributed by atoms with van der Waals surface area (Å²) in [5.41, 5.74) is 1.05. The predicted molar refractivity (Wildman–Crippen MR) is 72.2 cm³/mol. The Hall–Kier alpha value is -1.10. The molecule has 2 atom stereocenters. The second-order valence-corrected chi connectivity index (χ2v) is 5.35. The molecule has 2 fully saturated rings. The first kappa shape index (κ1) is 12.9. The SMILES string of the molecule is Oc1cccc([C@H]2CN(C[C@H]3CCCO3)CCO2)c1. The fourth-order valence-electron chi connectivity index (χ4n) is 2.87. The molecule has 1 aromatic carbocycles. The minimum atomic E-state index is 0.0576. The highest BCUT2D eigenvalue weighted by Gasteiger charge is 2.25. The Morgan fingerprint density at radius 2 is 2.21 bits per heavy atom. The van der Waals surface area contributed by atoms with Crippen LogP contribution in [-0.2, 0) is 9.47 Å². The number of ether oxygens (including phenoxy) is 2. The summed E-state index contributed by atoms with van der Waals surface area (Å²) in [4.78, 5) is 2.41. The van der Waals surface area contributed by atoms with E-state index in [1.54, 1.807) is 12.1 Å². The maximum Gasteiger partial charge on any atom is 0.115 e. The molecule has 1 aromatic rings. The number of morpholine rings is 1. The van der Waals surface area contributed by atoms with E-state index in [4.69, 9.17) is 9.47 Å². The van der Waals surface area contributed by atoms with Crippen molar-refractivity contribution in [2.45, 2.75) is 25.0 Å². The number of rotatable bonds is 3. The van der Waals surface area contributed by atoms with Gasteiger partial charge in [0.25, 0.3) is 0 Å². The Kier molecular flexibility index (Phi) is 4.01. The Bertz CT molecular complexity index is 418. The second kappa shape index (κ2) is 5.90. The van der Waals surface area contributed by atoms with Crippen molar-refractivity contribution < 1.29 is 14.6 Å². The maximum atomic E-state index is 9.55. The molecule has 0 aromatic heterocycles. The summed E-state index contributed by atoms with van der Waals surface area (Å²) >= 11 is 0. The number of hydrogen-bond donors (Lipinski definition) is 1. The lowest BCUT2D eigenvalue weighted by Gasteiger charge is -2.34. The van der Waals surface area contributed by atoms with Gasteiger partial charge in [0, 0.05) is 26.2 Å². The number of hydrogen-bond acceptors (Lipinski definition) is 4. The van der Waals surface area contributed by atoms with Crippen LogP contribution >= 0.6 is 0 Å². The minimum Gasteiger partial charge on any atom is -0.508 e. The maximum absolute atomic E-state index is 9.55. The van der Waals surface area contributed by atoms with E-state index in [0.29, 0.717) is 11.9 Å². The summed E-state index contributed by atoms with van der Waals surface area (Å²) < 4.78 is 11.5. The van der Waals surface area contributed by atoms with Gasteiger partial charge >= 0.3 is 0 Å². The molecule has 0 unspecified atom stereocenters. The van der Waals surface area contributed by atoms with Gasteiger partial charge in [-0.05, 0) is 30.5 Å². The van der Waals surface area contributed by atoms with E-state index < -0.39 is 0 Å². The molecule has 2 heterocycles. The molecule has 19 heavy (non-hydrogen) atoms. The monoisotopic (exact) mass is 263 g/mol.